The predicted octanol–water partition coefficient (Wildman–Crippen LogP) is 3.76. The van der Waals surface area contributed by atoms with E-state index >= 15 is 0 Å². The van der Waals surface area contributed by atoms with Crippen LogP contribution in [0.5, 0.6) is 0 Å². The Bertz CT molecular complexity index is 812. The molecule has 0 heterocycles. The molecule has 0 bridgehead atoms. The van der Waals surface area contributed by atoms with Gasteiger partial charge in [0.15, 0.2) is 11.0 Å². The van der Waals surface area contributed by atoms with Crippen LogP contribution in [0.4, 0.5) is 0 Å². The SMILES string of the molecule is COC(=O)C(C/C=C/CC(=O)Sc1ccc2ccccc2c1)C(=O)OC. The van der Waals surface area contributed by atoms with Gasteiger partial charge in [-0.1, -0.05) is 54.2 Å². The van der Waals surface area contributed by atoms with Crippen LogP contribution >= 0.6 is 11.8 Å². The van der Waals surface area contributed by atoms with Crippen molar-refractivity contribution in [2.45, 2.75) is 17.7 Å². The molecule has 0 N–H and O–H groups in total. The summed E-state index contributed by atoms with van der Waals surface area (Å²) in [7, 11) is 2.43. The van der Waals surface area contributed by atoms with E-state index in [0.29, 0.717) is 0 Å². The van der Waals surface area contributed by atoms with Crippen LogP contribution < -0.4 is 0 Å². The van der Waals surface area contributed by atoms with E-state index in [4.69, 9.17) is 0 Å². The zero-order valence-corrected chi connectivity index (χ0v) is 15.5. The van der Waals surface area contributed by atoms with Crippen molar-refractivity contribution in [2.75, 3.05) is 14.2 Å². The first kappa shape index (κ1) is 19.7. The highest BCUT2D eigenvalue weighted by Crippen LogP contribution is 2.25. The molecular weight excluding hydrogens is 352 g/mol. The number of carbonyl (C=O) groups excluding carboxylic acids is 3. The first-order valence-electron chi connectivity index (χ1n) is 8.05. The summed E-state index contributed by atoms with van der Waals surface area (Å²) in [6.07, 6.45) is 3.60. The van der Waals surface area contributed by atoms with Gasteiger partial charge in [0, 0.05) is 11.3 Å². The maximum Gasteiger partial charge on any atom is 0.320 e. The second-order valence-corrected chi connectivity index (χ2v) is 6.62. The number of benzene rings is 2. The van der Waals surface area contributed by atoms with Crippen molar-refractivity contribution in [3.63, 3.8) is 0 Å². The van der Waals surface area contributed by atoms with E-state index in [1.807, 2.05) is 42.5 Å². The van der Waals surface area contributed by atoms with Gasteiger partial charge >= 0.3 is 11.9 Å². The second-order valence-electron chi connectivity index (χ2n) is 5.49. The molecule has 0 atom stereocenters. The van der Waals surface area contributed by atoms with Crippen molar-refractivity contribution < 1.29 is 23.9 Å². The van der Waals surface area contributed by atoms with Crippen LogP contribution in [0.25, 0.3) is 10.8 Å². The average Bonchev–Trinajstić information content (AvgIpc) is 2.66. The number of ether oxygens (including phenoxy) is 2. The number of hydrogen-bond acceptors (Lipinski definition) is 6. The Morgan fingerprint density at radius 1 is 0.962 bits per heavy atom. The molecule has 5 nitrogen and oxygen atoms in total. The average molecular weight is 372 g/mol. The van der Waals surface area contributed by atoms with Crippen LogP contribution in [0.15, 0.2) is 59.5 Å². The van der Waals surface area contributed by atoms with Crippen LogP contribution in [-0.2, 0) is 23.9 Å². The monoisotopic (exact) mass is 372 g/mol. The summed E-state index contributed by atoms with van der Waals surface area (Å²) in [4.78, 5) is 36.1. The molecule has 26 heavy (non-hydrogen) atoms. The minimum absolute atomic E-state index is 0.0239. The zero-order valence-electron chi connectivity index (χ0n) is 14.6. The van der Waals surface area contributed by atoms with Crippen molar-refractivity contribution in [3.05, 3.63) is 54.6 Å². The molecule has 0 saturated heterocycles. The third-order valence-corrected chi connectivity index (χ3v) is 4.63. The summed E-state index contributed by atoms with van der Waals surface area (Å²) in [5, 5.41) is 2.19. The van der Waals surface area contributed by atoms with Crippen molar-refractivity contribution in [2.24, 2.45) is 5.92 Å². The smallest absolute Gasteiger partial charge is 0.320 e. The van der Waals surface area contributed by atoms with E-state index in [0.717, 1.165) is 15.7 Å². The summed E-state index contributed by atoms with van der Waals surface area (Å²) in [5.74, 6) is -2.32. The molecule has 2 aromatic rings. The second kappa shape index (κ2) is 9.77. The highest BCUT2D eigenvalue weighted by atomic mass is 32.2. The van der Waals surface area contributed by atoms with Gasteiger partial charge in [0.2, 0.25) is 0 Å². The van der Waals surface area contributed by atoms with Crippen molar-refractivity contribution in [1.29, 1.82) is 0 Å². The number of esters is 2. The maximum absolute atomic E-state index is 12.1. The molecule has 2 aromatic carbocycles. The lowest BCUT2D eigenvalue weighted by Gasteiger charge is -2.09. The minimum atomic E-state index is -1.01. The van der Waals surface area contributed by atoms with Gasteiger partial charge in [-0.25, -0.2) is 0 Å². The Labute approximate surface area is 156 Å². The molecule has 2 rings (SSSR count). The molecule has 6 heteroatoms. The zero-order chi connectivity index (χ0) is 18.9. The molecule has 0 spiro atoms. The normalized spacial score (nSPS) is 11.0. The lowest BCUT2D eigenvalue weighted by molar-refractivity contribution is -0.158. The number of allylic oxidation sites excluding steroid dienone is 2. The maximum atomic E-state index is 12.1. The first-order chi connectivity index (χ1) is 12.5. The van der Waals surface area contributed by atoms with Crippen LogP contribution in [0.1, 0.15) is 12.8 Å². The number of rotatable bonds is 7. The highest BCUT2D eigenvalue weighted by Gasteiger charge is 2.27. The molecule has 0 saturated carbocycles. The Kier molecular flexibility index (Phi) is 7.41. The summed E-state index contributed by atoms with van der Waals surface area (Å²) in [5.41, 5.74) is 0. The third-order valence-electron chi connectivity index (χ3n) is 3.75. The molecule has 0 aliphatic carbocycles. The van der Waals surface area contributed by atoms with E-state index in [2.05, 4.69) is 9.47 Å². The van der Waals surface area contributed by atoms with Crippen molar-refractivity contribution in [1.82, 2.24) is 0 Å². The summed E-state index contributed by atoms with van der Waals surface area (Å²) < 4.78 is 9.17. The first-order valence-corrected chi connectivity index (χ1v) is 8.87. The van der Waals surface area contributed by atoms with Gasteiger partial charge < -0.3 is 9.47 Å². The lowest BCUT2D eigenvalue weighted by Crippen LogP contribution is -2.25. The lowest BCUT2D eigenvalue weighted by atomic mass is 10.1. The Balaban J connectivity index is 1.89. The van der Waals surface area contributed by atoms with E-state index in [1.165, 1.54) is 26.0 Å². The molecule has 0 unspecified atom stereocenters. The van der Waals surface area contributed by atoms with Crippen molar-refractivity contribution in [3.8, 4) is 0 Å². The van der Waals surface area contributed by atoms with Gasteiger partial charge in [0.1, 0.15) is 0 Å². The topological polar surface area (TPSA) is 69.7 Å². The third kappa shape index (κ3) is 5.46. The summed E-state index contributed by atoms with van der Waals surface area (Å²) in [6.45, 7) is 0. The molecule has 0 radical (unpaired) electrons. The number of carbonyl (C=O) groups is 3. The number of hydrogen-bond donors (Lipinski definition) is 0. The molecular formula is C20H20O5S. The van der Waals surface area contributed by atoms with E-state index in [9.17, 15) is 14.4 Å². The standard InChI is InChI=1S/C20H20O5S/c1-24-19(22)17(20(23)25-2)9-5-6-10-18(21)26-16-12-11-14-7-3-4-8-15(14)13-16/h3-8,11-13,17H,9-10H2,1-2H3/b6-5+. The Morgan fingerprint density at radius 3 is 2.27 bits per heavy atom. The van der Waals surface area contributed by atoms with E-state index < -0.39 is 17.9 Å². The molecule has 0 amide bonds. The quantitative estimate of drug-likeness (QED) is 0.319. The minimum Gasteiger partial charge on any atom is -0.468 e. The molecule has 0 aromatic heterocycles. The van der Waals surface area contributed by atoms with Gasteiger partial charge in [-0.05, 0) is 29.3 Å². The number of thioether (sulfide) groups is 1. The molecule has 0 aliphatic rings. The van der Waals surface area contributed by atoms with Gasteiger partial charge in [0.25, 0.3) is 0 Å². The van der Waals surface area contributed by atoms with E-state index in [1.54, 1.807) is 12.2 Å². The summed E-state index contributed by atoms with van der Waals surface area (Å²) in [6, 6.07) is 13.8. The van der Waals surface area contributed by atoms with Gasteiger partial charge in [0.05, 0.1) is 14.2 Å². The van der Waals surface area contributed by atoms with Crippen LogP contribution in [0.2, 0.25) is 0 Å². The fourth-order valence-electron chi connectivity index (χ4n) is 2.39. The molecule has 0 aliphatic heterocycles. The predicted molar refractivity (Wildman–Crippen MR) is 101 cm³/mol. The Morgan fingerprint density at radius 2 is 1.62 bits per heavy atom. The van der Waals surface area contributed by atoms with Crippen molar-refractivity contribution >= 4 is 39.6 Å². The fraction of sp³-hybridized carbons (Fsp3) is 0.250. The van der Waals surface area contributed by atoms with Gasteiger partial charge in [-0.2, -0.15) is 0 Å². The fourth-order valence-corrected chi connectivity index (χ4v) is 3.15. The van der Waals surface area contributed by atoms with E-state index in [-0.39, 0.29) is 18.0 Å². The van der Waals surface area contributed by atoms with Gasteiger partial charge in [-0.15, -0.1) is 0 Å². The number of methoxy groups -OCH3 is 2. The van der Waals surface area contributed by atoms with Crippen LogP contribution in [-0.4, -0.2) is 31.3 Å². The van der Waals surface area contributed by atoms with Crippen LogP contribution in [0, 0.1) is 5.92 Å². The summed E-state index contributed by atoms with van der Waals surface area (Å²) >= 11 is 1.17. The van der Waals surface area contributed by atoms with Crippen LogP contribution in [0.3, 0.4) is 0 Å². The largest absolute Gasteiger partial charge is 0.468 e. The Hall–Kier alpha value is -2.60. The molecule has 136 valence electrons. The highest BCUT2D eigenvalue weighted by molar-refractivity contribution is 8.13. The van der Waals surface area contributed by atoms with Gasteiger partial charge in [-0.3, -0.25) is 14.4 Å². The molecule has 0 fully saturated rings. The number of fused-ring (bicyclic) bond motifs is 1.